The van der Waals surface area contributed by atoms with Gasteiger partial charge < -0.3 is 5.32 Å². The summed E-state index contributed by atoms with van der Waals surface area (Å²) in [6, 6.07) is 2.95. The highest BCUT2D eigenvalue weighted by Crippen LogP contribution is 2.37. The van der Waals surface area contributed by atoms with Crippen LogP contribution in [0.3, 0.4) is 0 Å². The molecule has 1 aliphatic rings. The number of hydrogen-bond acceptors (Lipinski definition) is 2. The second-order valence-electron chi connectivity index (χ2n) is 6.04. The lowest BCUT2D eigenvalue weighted by Gasteiger charge is -2.29. The molecular weight excluding hydrogens is 250 g/mol. The number of aryl methyl sites for hydroxylation is 2. The first kappa shape index (κ1) is 15.1. The Labute approximate surface area is 122 Å². The number of thiophene rings is 1. The van der Waals surface area contributed by atoms with Gasteiger partial charge in [-0.25, -0.2) is 0 Å². The summed E-state index contributed by atoms with van der Waals surface area (Å²) in [5, 5.41) is 3.78. The van der Waals surface area contributed by atoms with E-state index in [4.69, 9.17) is 0 Å². The summed E-state index contributed by atoms with van der Waals surface area (Å²) in [5.41, 5.74) is 1.50. The van der Waals surface area contributed by atoms with E-state index in [-0.39, 0.29) is 0 Å². The molecule has 0 radical (unpaired) electrons. The van der Waals surface area contributed by atoms with Crippen molar-refractivity contribution < 1.29 is 0 Å². The van der Waals surface area contributed by atoms with E-state index in [9.17, 15) is 0 Å². The van der Waals surface area contributed by atoms with Crippen molar-refractivity contribution in [2.45, 2.75) is 71.8 Å². The van der Waals surface area contributed by atoms with Crippen molar-refractivity contribution in [3.63, 3.8) is 0 Å². The average Bonchev–Trinajstić information content (AvgIpc) is 2.66. The monoisotopic (exact) mass is 279 g/mol. The lowest BCUT2D eigenvalue weighted by Crippen LogP contribution is -2.28. The van der Waals surface area contributed by atoms with Gasteiger partial charge in [0.1, 0.15) is 0 Å². The van der Waals surface area contributed by atoms with Gasteiger partial charge in [0.15, 0.2) is 0 Å². The van der Waals surface area contributed by atoms with E-state index in [1.165, 1.54) is 55.4 Å². The van der Waals surface area contributed by atoms with Crippen molar-refractivity contribution >= 4 is 11.3 Å². The first-order chi connectivity index (χ1) is 9.22. The molecule has 1 aromatic heterocycles. The summed E-state index contributed by atoms with van der Waals surface area (Å²) in [6.45, 7) is 7.84. The van der Waals surface area contributed by atoms with Crippen molar-refractivity contribution in [2.75, 3.05) is 6.54 Å². The molecule has 0 aliphatic heterocycles. The molecule has 19 heavy (non-hydrogen) atoms. The Hall–Kier alpha value is -0.340. The van der Waals surface area contributed by atoms with Crippen LogP contribution in [0.1, 0.15) is 73.2 Å². The second kappa shape index (κ2) is 7.44. The topological polar surface area (TPSA) is 12.0 Å². The molecule has 1 aromatic rings. The van der Waals surface area contributed by atoms with Crippen LogP contribution in [0.5, 0.6) is 0 Å². The van der Waals surface area contributed by atoms with E-state index in [0.717, 1.165) is 12.5 Å². The van der Waals surface area contributed by atoms with Crippen LogP contribution in [0.4, 0.5) is 0 Å². The fourth-order valence-electron chi connectivity index (χ4n) is 3.48. The van der Waals surface area contributed by atoms with Crippen LogP contribution in [0, 0.1) is 19.8 Å². The van der Waals surface area contributed by atoms with Crippen LogP contribution in [0.25, 0.3) is 0 Å². The lowest BCUT2D eigenvalue weighted by atomic mass is 9.84. The minimum absolute atomic E-state index is 0.599. The molecule has 1 nitrogen and oxygen atoms in total. The maximum absolute atomic E-state index is 3.78. The predicted molar refractivity (Wildman–Crippen MR) is 86.0 cm³/mol. The Bertz CT molecular complexity index is 375. The minimum Gasteiger partial charge on any atom is -0.309 e. The summed E-state index contributed by atoms with van der Waals surface area (Å²) in [7, 11) is 0. The SMILES string of the molecule is CCNC(c1sc(C)cc1C)C1CCCCCCC1. The van der Waals surface area contributed by atoms with E-state index in [1.807, 2.05) is 11.3 Å². The molecule has 1 atom stereocenters. The molecule has 2 rings (SSSR count). The quantitative estimate of drug-likeness (QED) is 0.780. The van der Waals surface area contributed by atoms with Crippen LogP contribution >= 0.6 is 11.3 Å². The zero-order valence-electron chi connectivity index (χ0n) is 12.8. The maximum Gasteiger partial charge on any atom is 0.0446 e. The van der Waals surface area contributed by atoms with Gasteiger partial charge in [0.25, 0.3) is 0 Å². The Morgan fingerprint density at radius 3 is 2.32 bits per heavy atom. The van der Waals surface area contributed by atoms with E-state index >= 15 is 0 Å². The Morgan fingerprint density at radius 2 is 1.79 bits per heavy atom. The molecule has 1 unspecified atom stereocenters. The molecule has 1 fully saturated rings. The third-order valence-corrected chi connectivity index (χ3v) is 5.64. The minimum atomic E-state index is 0.599. The largest absolute Gasteiger partial charge is 0.309 e. The molecule has 108 valence electrons. The van der Waals surface area contributed by atoms with E-state index in [1.54, 1.807) is 4.88 Å². The van der Waals surface area contributed by atoms with Crippen molar-refractivity contribution in [1.29, 1.82) is 0 Å². The van der Waals surface area contributed by atoms with Crippen LogP contribution in [0.15, 0.2) is 6.07 Å². The fourth-order valence-corrected chi connectivity index (χ4v) is 4.69. The molecule has 0 amide bonds. The van der Waals surface area contributed by atoms with E-state index in [0.29, 0.717) is 6.04 Å². The first-order valence-electron chi connectivity index (χ1n) is 8.02. The molecule has 1 aliphatic carbocycles. The van der Waals surface area contributed by atoms with E-state index < -0.39 is 0 Å². The van der Waals surface area contributed by atoms with Gasteiger partial charge in [-0.3, -0.25) is 0 Å². The molecule has 1 saturated carbocycles. The molecule has 0 aromatic carbocycles. The summed E-state index contributed by atoms with van der Waals surface area (Å²) < 4.78 is 0. The molecule has 0 saturated heterocycles. The van der Waals surface area contributed by atoms with Gasteiger partial charge in [0.2, 0.25) is 0 Å². The standard InChI is InChI=1S/C17H29NS/c1-4-18-16(17-13(2)12-14(3)19-17)15-10-8-6-5-7-9-11-15/h12,15-16,18H,4-11H2,1-3H3. The van der Waals surface area contributed by atoms with Gasteiger partial charge >= 0.3 is 0 Å². The van der Waals surface area contributed by atoms with Gasteiger partial charge in [-0.05, 0) is 50.8 Å². The molecule has 1 heterocycles. The van der Waals surface area contributed by atoms with Crippen molar-refractivity contribution in [3.05, 3.63) is 21.4 Å². The maximum atomic E-state index is 3.78. The van der Waals surface area contributed by atoms with Crippen molar-refractivity contribution in [1.82, 2.24) is 5.32 Å². The molecule has 0 bridgehead atoms. The van der Waals surface area contributed by atoms with Gasteiger partial charge in [0, 0.05) is 15.8 Å². The number of rotatable bonds is 4. The summed E-state index contributed by atoms with van der Waals surface area (Å²) in [4.78, 5) is 3.06. The second-order valence-corrected chi connectivity index (χ2v) is 7.33. The highest BCUT2D eigenvalue weighted by Gasteiger charge is 2.25. The lowest BCUT2D eigenvalue weighted by molar-refractivity contribution is 0.294. The van der Waals surface area contributed by atoms with Crippen LogP contribution in [0.2, 0.25) is 0 Å². The van der Waals surface area contributed by atoms with Gasteiger partial charge in [-0.2, -0.15) is 0 Å². The van der Waals surface area contributed by atoms with Crippen LogP contribution < -0.4 is 5.32 Å². The number of hydrogen-bond donors (Lipinski definition) is 1. The summed E-state index contributed by atoms with van der Waals surface area (Å²) in [5.74, 6) is 0.844. The molecule has 1 N–H and O–H groups in total. The summed E-state index contributed by atoms with van der Waals surface area (Å²) >= 11 is 2.01. The predicted octanol–water partition coefficient (Wildman–Crippen LogP) is 5.38. The van der Waals surface area contributed by atoms with Gasteiger partial charge in [0.05, 0.1) is 0 Å². The average molecular weight is 279 g/mol. The van der Waals surface area contributed by atoms with Gasteiger partial charge in [-0.15, -0.1) is 11.3 Å². The Balaban J connectivity index is 2.15. The Morgan fingerprint density at radius 1 is 1.16 bits per heavy atom. The molecule has 0 spiro atoms. The highest BCUT2D eigenvalue weighted by molar-refractivity contribution is 7.12. The Kier molecular flexibility index (Phi) is 5.90. The first-order valence-corrected chi connectivity index (χ1v) is 8.84. The van der Waals surface area contributed by atoms with Crippen molar-refractivity contribution in [2.24, 2.45) is 5.92 Å². The highest BCUT2D eigenvalue weighted by atomic mass is 32.1. The summed E-state index contributed by atoms with van der Waals surface area (Å²) in [6.07, 6.45) is 10.0. The van der Waals surface area contributed by atoms with Crippen LogP contribution in [-0.4, -0.2) is 6.54 Å². The molecular formula is C17H29NS. The fraction of sp³-hybridized carbons (Fsp3) is 0.765. The zero-order valence-corrected chi connectivity index (χ0v) is 13.6. The zero-order chi connectivity index (χ0) is 13.7. The third-order valence-electron chi connectivity index (χ3n) is 4.41. The molecule has 2 heteroatoms. The normalized spacial score (nSPS) is 19.9. The number of nitrogens with one attached hydrogen (secondary N) is 1. The van der Waals surface area contributed by atoms with Crippen molar-refractivity contribution in [3.8, 4) is 0 Å². The van der Waals surface area contributed by atoms with Crippen LogP contribution in [-0.2, 0) is 0 Å². The smallest absolute Gasteiger partial charge is 0.0446 e. The van der Waals surface area contributed by atoms with Gasteiger partial charge in [-0.1, -0.05) is 39.0 Å². The third kappa shape index (κ3) is 4.06. The van der Waals surface area contributed by atoms with E-state index in [2.05, 4.69) is 32.2 Å².